The summed E-state index contributed by atoms with van der Waals surface area (Å²) in [6, 6.07) is 12.6. The Morgan fingerprint density at radius 3 is 2.35 bits per heavy atom. The van der Waals surface area contributed by atoms with Crippen molar-refractivity contribution in [3.8, 4) is 0 Å². The number of carboxylic acid groups (broad SMARTS) is 1. The molecule has 1 N–H and O–H groups in total. The van der Waals surface area contributed by atoms with Crippen LogP contribution in [0, 0.1) is 0 Å². The van der Waals surface area contributed by atoms with Gasteiger partial charge in [0.1, 0.15) is 0 Å². The topological polar surface area (TPSA) is 63.6 Å². The van der Waals surface area contributed by atoms with Gasteiger partial charge in [0.15, 0.2) is 0 Å². The SMILES string of the molecule is CCOC(=O)c1cc(C(=O)O)ccc1Sc1ccc(CC)cc1. The van der Waals surface area contributed by atoms with E-state index in [1.807, 2.05) is 24.3 Å². The van der Waals surface area contributed by atoms with Crippen molar-refractivity contribution < 1.29 is 19.4 Å². The molecule has 0 radical (unpaired) electrons. The molecule has 2 aromatic carbocycles. The standard InChI is InChI=1S/C18H18O4S/c1-3-12-5-8-14(9-6-12)23-16-10-7-13(17(19)20)11-15(16)18(21)22-4-2/h5-11H,3-4H2,1-2H3,(H,19,20). The molecule has 2 aromatic rings. The number of carbonyl (C=O) groups is 2. The molecule has 0 spiro atoms. The van der Waals surface area contributed by atoms with Gasteiger partial charge in [-0.2, -0.15) is 0 Å². The van der Waals surface area contributed by atoms with Crippen LogP contribution >= 0.6 is 11.8 Å². The lowest BCUT2D eigenvalue weighted by Gasteiger charge is -2.10. The Kier molecular flexibility index (Phi) is 5.82. The second kappa shape index (κ2) is 7.83. The quantitative estimate of drug-likeness (QED) is 0.801. The summed E-state index contributed by atoms with van der Waals surface area (Å²) in [5.41, 5.74) is 1.58. The molecule has 0 saturated carbocycles. The third-order valence-corrected chi connectivity index (χ3v) is 4.37. The zero-order valence-corrected chi connectivity index (χ0v) is 13.9. The Bertz CT molecular complexity index is 707. The first-order valence-electron chi connectivity index (χ1n) is 7.36. The smallest absolute Gasteiger partial charge is 0.339 e. The minimum Gasteiger partial charge on any atom is -0.478 e. The highest BCUT2D eigenvalue weighted by Gasteiger charge is 2.16. The zero-order chi connectivity index (χ0) is 16.8. The Labute approximate surface area is 139 Å². The lowest BCUT2D eigenvalue weighted by molar-refractivity contribution is 0.0522. The van der Waals surface area contributed by atoms with Crippen LogP contribution in [-0.2, 0) is 11.2 Å². The summed E-state index contributed by atoms with van der Waals surface area (Å²) in [7, 11) is 0. The number of aryl methyl sites for hydroxylation is 1. The molecule has 0 unspecified atom stereocenters. The minimum atomic E-state index is -1.07. The van der Waals surface area contributed by atoms with Gasteiger partial charge in [0, 0.05) is 9.79 Å². The second-order valence-corrected chi connectivity index (χ2v) is 5.95. The highest BCUT2D eigenvalue weighted by Crippen LogP contribution is 2.32. The van der Waals surface area contributed by atoms with Crippen molar-refractivity contribution in [1.29, 1.82) is 0 Å². The highest BCUT2D eigenvalue weighted by atomic mass is 32.2. The lowest BCUT2D eigenvalue weighted by atomic mass is 10.1. The molecule has 0 aliphatic rings. The molecule has 0 fully saturated rings. The number of carboxylic acids is 1. The van der Waals surface area contributed by atoms with Crippen LogP contribution in [0.3, 0.4) is 0 Å². The van der Waals surface area contributed by atoms with Gasteiger partial charge in [-0.25, -0.2) is 9.59 Å². The van der Waals surface area contributed by atoms with E-state index in [1.165, 1.54) is 29.5 Å². The van der Waals surface area contributed by atoms with E-state index < -0.39 is 11.9 Å². The summed E-state index contributed by atoms with van der Waals surface area (Å²) >= 11 is 1.41. The van der Waals surface area contributed by atoms with Gasteiger partial charge in [-0.1, -0.05) is 30.8 Å². The van der Waals surface area contributed by atoms with Crippen LogP contribution in [0.1, 0.15) is 40.1 Å². The van der Waals surface area contributed by atoms with Gasteiger partial charge >= 0.3 is 11.9 Å². The van der Waals surface area contributed by atoms with Gasteiger partial charge in [-0.3, -0.25) is 0 Å². The Balaban J connectivity index is 2.35. The third-order valence-electron chi connectivity index (χ3n) is 3.28. The highest BCUT2D eigenvalue weighted by molar-refractivity contribution is 7.99. The first-order valence-corrected chi connectivity index (χ1v) is 8.18. The molecule has 0 aliphatic carbocycles. The molecule has 0 amide bonds. The molecule has 5 heteroatoms. The molecule has 120 valence electrons. The van der Waals surface area contributed by atoms with Crippen LogP contribution in [0.2, 0.25) is 0 Å². The summed E-state index contributed by atoms with van der Waals surface area (Å²) < 4.78 is 5.03. The summed E-state index contributed by atoms with van der Waals surface area (Å²) in [4.78, 5) is 24.9. The van der Waals surface area contributed by atoms with Crippen molar-refractivity contribution in [3.63, 3.8) is 0 Å². The lowest BCUT2D eigenvalue weighted by Crippen LogP contribution is -2.08. The molecule has 0 heterocycles. The van der Waals surface area contributed by atoms with Crippen LogP contribution in [0.15, 0.2) is 52.3 Å². The van der Waals surface area contributed by atoms with E-state index in [2.05, 4.69) is 6.92 Å². The van der Waals surface area contributed by atoms with E-state index in [1.54, 1.807) is 13.0 Å². The predicted molar refractivity (Wildman–Crippen MR) is 89.3 cm³/mol. The van der Waals surface area contributed by atoms with Crippen molar-refractivity contribution in [2.24, 2.45) is 0 Å². The summed E-state index contributed by atoms with van der Waals surface area (Å²) in [6.45, 7) is 4.05. The maximum absolute atomic E-state index is 12.1. The van der Waals surface area contributed by atoms with E-state index in [-0.39, 0.29) is 17.7 Å². The van der Waals surface area contributed by atoms with Gasteiger partial charge in [0.25, 0.3) is 0 Å². The Morgan fingerprint density at radius 2 is 1.78 bits per heavy atom. The predicted octanol–water partition coefficient (Wildman–Crippen LogP) is 4.28. The van der Waals surface area contributed by atoms with Crippen molar-refractivity contribution in [3.05, 3.63) is 59.2 Å². The van der Waals surface area contributed by atoms with E-state index in [4.69, 9.17) is 9.84 Å². The maximum Gasteiger partial charge on any atom is 0.339 e. The molecule has 4 nitrogen and oxygen atoms in total. The summed E-state index contributed by atoms with van der Waals surface area (Å²) in [6.07, 6.45) is 0.965. The summed E-state index contributed by atoms with van der Waals surface area (Å²) in [5, 5.41) is 9.10. The zero-order valence-electron chi connectivity index (χ0n) is 13.0. The fraction of sp³-hybridized carbons (Fsp3) is 0.222. The Morgan fingerprint density at radius 1 is 1.09 bits per heavy atom. The van der Waals surface area contributed by atoms with E-state index in [0.29, 0.717) is 4.90 Å². The van der Waals surface area contributed by atoms with Crippen LogP contribution < -0.4 is 0 Å². The average Bonchev–Trinajstić information content (AvgIpc) is 2.56. The normalized spacial score (nSPS) is 10.3. The number of esters is 1. The number of carbonyl (C=O) groups excluding carboxylic acids is 1. The van der Waals surface area contributed by atoms with Crippen molar-refractivity contribution in [1.82, 2.24) is 0 Å². The molecule has 23 heavy (non-hydrogen) atoms. The Hall–Kier alpha value is -2.27. The van der Waals surface area contributed by atoms with Gasteiger partial charge in [-0.05, 0) is 49.2 Å². The van der Waals surface area contributed by atoms with Crippen molar-refractivity contribution in [2.75, 3.05) is 6.61 Å². The first kappa shape index (κ1) is 17.1. The third kappa shape index (κ3) is 4.36. The molecule has 0 atom stereocenters. The monoisotopic (exact) mass is 330 g/mol. The number of benzene rings is 2. The van der Waals surface area contributed by atoms with Crippen LogP contribution in [0.25, 0.3) is 0 Å². The number of rotatable bonds is 6. The molecule has 0 aromatic heterocycles. The molecular weight excluding hydrogens is 312 g/mol. The largest absolute Gasteiger partial charge is 0.478 e. The van der Waals surface area contributed by atoms with Crippen LogP contribution in [-0.4, -0.2) is 23.7 Å². The van der Waals surface area contributed by atoms with E-state index in [9.17, 15) is 9.59 Å². The fourth-order valence-corrected chi connectivity index (χ4v) is 2.95. The van der Waals surface area contributed by atoms with Gasteiger partial charge in [0.05, 0.1) is 17.7 Å². The molecule has 0 saturated heterocycles. The number of hydrogen-bond acceptors (Lipinski definition) is 4. The number of ether oxygens (including phenoxy) is 1. The van der Waals surface area contributed by atoms with Crippen molar-refractivity contribution >= 4 is 23.7 Å². The minimum absolute atomic E-state index is 0.0683. The van der Waals surface area contributed by atoms with Crippen molar-refractivity contribution in [2.45, 2.75) is 30.1 Å². The average molecular weight is 330 g/mol. The van der Waals surface area contributed by atoms with Gasteiger partial charge in [0.2, 0.25) is 0 Å². The first-order chi connectivity index (χ1) is 11.0. The number of hydrogen-bond donors (Lipinski definition) is 1. The second-order valence-electron chi connectivity index (χ2n) is 4.84. The number of aromatic carboxylic acids is 1. The molecular formula is C18H18O4S. The molecule has 0 aliphatic heterocycles. The molecule has 0 bridgehead atoms. The fourth-order valence-electron chi connectivity index (χ4n) is 2.04. The van der Waals surface area contributed by atoms with Crippen LogP contribution in [0.5, 0.6) is 0 Å². The van der Waals surface area contributed by atoms with Gasteiger partial charge in [-0.15, -0.1) is 0 Å². The van der Waals surface area contributed by atoms with Crippen LogP contribution in [0.4, 0.5) is 0 Å². The van der Waals surface area contributed by atoms with Gasteiger partial charge < -0.3 is 9.84 Å². The maximum atomic E-state index is 12.1. The van der Waals surface area contributed by atoms with E-state index >= 15 is 0 Å². The summed E-state index contributed by atoms with van der Waals surface area (Å²) in [5.74, 6) is -1.58. The van der Waals surface area contributed by atoms with E-state index in [0.717, 1.165) is 11.3 Å². The molecule has 2 rings (SSSR count).